The number of esters is 1. The van der Waals surface area contributed by atoms with Crippen LogP contribution in [0.2, 0.25) is 0 Å². The molecule has 0 fully saturated rings. The van der Waals surface area contributed by atoms with Crippen molar-refractivity contribution in [1.29, 1.82) is 0 Å². The van der Waals surface area contributed by atoms with Gasteiger partial charge in [-0.3, -0.25) is 0 Å². The molecule has 8 nitrogen and oxygen atoms in total. The average molecular weight is 472 g/mol. The molecule has 0 aliphatic rings. The van der Waals surface area contributed by atoms with E-state index in [4.69, 9.17) is 9.47 Å². The summed E-state index contributed by atoms with van der Waals surface area (Å²) in [4.78, 5) is 28.8. The van der Waals surface area contributed by atoms with Gasteiger partial charge in [0.15, 0.2) is 0 Å². The second kappa shape index (κ2) is 11.2. The molecule has 0 bridgehead atoms. The van der Waals surface area contributed by atoms with Crippen LogP contribution >= 0.6 is 0 Å². The molecule has 0 amide bonds. The fourth-order valence-electron chi connectivity index (χ4n) is 3.47. The van der Waals surface area contributed by atoms with Crippen molar-refractivity contribution in [1.82, 2.24) is 14.8 Å². The van der Waals surface area contributed by atoms with Crippen molar-refractivity contribution < 1.29 is 19.4 Å². The molecule has 1 N–H and O–H groups in total. The van der Waals surface area contributed by atoms with Crippen LogP contribution in [0, 0.1) is 0 Å². The van der Waals surface area contributed by atoms with Crippen LogP contribution in [0.5, 0.6) is 5.75 Å². The SMILES string of the molecule is CCOC(=O)c1ccc(OCC(O)Cn2nc(-c3ccccc3)c(-c3ccccc3)nc2=O)cc1. The van der Waals surface area contributed by atoms with E-state index in [9.17, 15) is 14.7 Å². The Morgan fingerprint density at radius 2 is 1.51 bits per heavy atom. The molecule has 1 heterocycles. The number of carbonyl (C=O) groups excluding carboxylic acids is 1. The van der Waals surface area contributed by atoms with Gasteiger partial charge >= 0.3 is 11.7 Å². The van der Waals surface area contributed by atoms with Crippen LogP contribution in [0.15, 0.2) is 89.7 Å². The molecule has 0 aliphatic carbocycles. The van der Waals surface area contributed by atoms with Gasteiger partial charge in [-0.1, -0.05) is 60.7 Å². The van der Waals surface area contributed by atoms with E-state index in [1.807, 2.05) is 60.7 Å². The summed E-state index contributed by atoms with van der Waals surface area (Å²) in [6, 6.07) is 25.2. The Balaban J connectivity index is 1.51. The molecule has 0 saturated heterocycles. The topological polar surface area (TPSA) is 104 Å². The van der Waals surface area contributed by atoms with Gasteiger partial charge < -0.3 is 14.6 Å². The fourth-order valence-corrected chi connectivity index (χ4v) is 3.47. The molecule has 8 heteroatoms. The van der Waals surface area contributed by atoms with E-state index >= 15 is 0 Å². The number of rotatable bonds is 9. The molecule has 1 aromatic heterocycles. The number of carbonyl (C=O) groups is 1. The molecule has 1 unspecified atom stereocenters. The Bertz CT molecular complexity index is 1320. The van der Waals surface area contributed by atoms with Gasteiger partial charge in [-0.25, -0.2) is 14.3 Å². The summed E-state index contributed by atoms with van der Waals surface area (Å²) < 4.78 is 11.7. The molecule has 0 aliphatic heterocycles. The average Bonchev–Trinajstić information content (AvgIpc) is 2.90. The minimum Gasteiger partial charge on any atom is -0.491 e. The Morgan fingerprint density at radius 1 is 0.914 bits per heavy atom. The Hall–Kier alpha value is -4.30. The van der Waals surface area contributed by atoms with Crippen molar-refractivity contribution >= 4 is 5.97 Å². The van der Waals surface area contributed by atoms with Crippen LogP contribution in [-0.2, 0) is 11.3 Å². The van der Waals surface area contributed by atoms with Crippen molar-refractivity contribution in [3.63, 3.8) is 0 Å². The maximum absolute atomic E-state index is 12.8. The molecule has 178 valence electrons. The number of aliphatic hydroxyl groups is 1. The van der Waals surface area contributed by atoms with E-state index < -0.39 is 17.8 Å². The largest absolute Gasteiger partial charge is 0.491 e. The lowest BCUT2D eigenvalue weighted by Gasteiger charge is -2.15. The van der Waals surface area contributed by atoms with Crippen molar-refractivity contribution in [3.8, 4) is 28.3 Å². The van der Waals surface area contributed by atoms with Gasteiger partial charge in [-0.05, 0) is 31.2 Å². The number of ether oxygens (including phenoxy) is 2. The lowest BCUT2D eigenvalue weighted by Crippen LogP contribution is -2.34. The highest BCUT2D eigenvalue weighted by Gasteiger charge is 2.17. The predicted octanol–water partition coefficient (Wildman–Crippen LogP) is 3.59. The molecule has 4 aromatic rings. The van der Waals surface area contributed by atoms with Crippen molar-refractivity contribution in [3.05, 3.63) is 101 Å². The van der Waals surface area contributed by atoms with Crippen LogP contribution in [0.3, 0.4) is 0 Å². The molecule has 3 aromatic carbocycles. The number of hydrogen-bond acceptors (Lipinski definition) is 7. The van der Waals surface area contributed by atoms with Crippen molar-refractivity contribution in [2.75, 3.05) is 13.2 Å². The summed E-state index contributed by atoms with van der Waals surface area (Å²) in [5, 5.41) is 15.1. The summed E-state index contributed by atoms with van der Waals surface area (Å²) in [6.07, 6.45) is -1.02. The summed E-state index contributed by atoms with van der Waals surface area (Å²) in [5.41, 5.74) is 2.44. The van der Waals surface area contributed by atoms with Gasteiger partial charge in [0.25, 0.3) is 0 Å². The summed E-state index contributed by atoms with van der Waals surface area (Å²) in [5.74, 6) is 0.0603. The quantitative estimate of drug-likeness (QED) is 0.372. The smallest absolute Gasteiger partial charge is 0.364 e. The van der Waals surface area contributed by atoms with Crippen LogP contribution in [0.4, 0.5) is 0 Å². The zero-order valence-corrected chi connectivity index (χ0v) is 19.2. The van der Waals surface area contributed by atoms with Gasteiger partial charge in [0.2, 0.25) is 0 Å². The first-order chi connectivity index (χ1) is 17.0. The Morgan fingerprint density at radius 3 is 2.11 bits per heavy atom. The van der Waals surface area contributed by atoms with E-state index in [2.05, 4.69) is 10.1 Å². The Kier molecular flexibility index (Phi) is 7.64. The minimum atomic E-state index is -1.02. The fraction of sp³-hybridized carbons (Fsp3) is 0.185. The molecule has 1 atom stereocenters. The highest BCUT2D eigenvalue weighted by atomic mass is 16.5. The van der Waals surface area contributed by atoms with E-state index in [0.717, 1.165) is 15.8 Å². The summed E-state index contributed by atoms with van der Waals surface area (Å²) in [6.45, 7) is 1.87. The highest BCUT2D eigenvalue weighted by Crippen LogP contribution is 2.27. The lowest BCUT2D eigenvalue weighted by molar-refractivity contribution is 0.0526. The number of benzene rings is 3. The molecular weight excluding hydrogens is 446 g/mol. The standard InChI is InChI=1S/C27H25N3O5/c1-2-34-26(32)21-13-15-23(16-14-21)35-18-22(31)17-30-27(33)28-24(19-9-5-3-6-10-19)25(29-30)20-11-7-4-8-12-20/h3-16,22,31H,2,17-18H2,1H3. The minimum absolute atomic E-state index is 0.0754. The second-order valence-corrected chi connectivity index (χ2v) is 7.72. The maximum atomic E-state index is 12.8. The molecule has 0 spiro atoms. The number of hydrogen-bond donors (Lipinski definition) is 1. The molecule has 35 heavy (non-hydrogen) atoms. The van der Waals surface area contributed by atoms with Gasteiger partial charge in [0.05, 0.1) is 18.7 Å². The monoisotopic (exact) mass is 471 g/mol. The maximum Gasteiger partial charge on any atom is 0.364 e. The predicted molar refractivity (Wildman–Crippen MR) is 131 cm³/mol. The third-order valence-corrected chi connectivity index (χ3v) is 5.16. The third kappa shape index (κ3) is 5.99. The molecule has 0 radical (unpaired) electrons. The normalized spacial score (nSPS) is 11.6. The highest BCUT2D eigenvalue weighted by molar-refractivity contribution is 5.89. The first kappa shape index (κ1) is 23.8. The summed E-state index contributed by atoms with van der Waals surface area (Å²) >= 11 is 0. The number of aromatic nitrogens is 3. The zero-order valence-electron chi connectivity index (χ0n) is 19.2. The molecular formula is C27H25N3O5. The van der Waals surface area contributed by atoms with Gasteiger partial charge in [0.1, 0.15) is 29.8 Å². The van der Waals surface area contributed by atoms with Gasteiger partial charge in [-0.2, -0.15) is 10.1 Å². The molecule has 0 saturated carbocycles. The zero-order chi connectivity index (χ0) is 24.6. The third-order valence-electron chi connectivity index (χ3n) is 5.16. The first-order valence-electron chi connectivity index (χ1n) is 11.2. The van der Waals surface area contributed by atoms with Gasteiger partial charge in [0, 0.05) is 11.1 Å². The number of nitrogens with zero attached hydrogens (tertiary/aromatic N) is 3. The van der Waals surface area contributed by atoms with E-state index in [0.29, 0.717) is 29.3 Å². The summed E-state index contributed by atoms with van der Waals surface area (Å²) in [7, 11) is 0. The van der Waals surface area contributed by atoms with E-state index in [-0.39, 0.29) is 13.2 Å². The second-order valence-electron chi connectivity index (χ2n) is 7.72. The van der Waals surface area contributed by atoms with E-state index in [1.165, 1.54) is 0 Å². The lowest BCUT2D eigenvalue weighted by atomic mass is 10.0. The Labute approximate surface area is 202 Å². The van der Waals surface area contributed by atoms with E-state index in [1.54, 1.807) is 31.2 Å². The van der Waals surface area contributed by atoms with Crippen molar-refractivity contribution in [2.24, 2.45) is 0 Å². The van der Waals surface area contributed by atoms with Crippen molar-refractivity contribution in [2.45, 2.75) is 19.6 Å². The van der Waals surface area contributed by atoms with Crippen LogP contribution in [-0.4, -0.2) is 45.2 Å². The van der Waals surface area contributed by atoms with Crippen LogP contribution < -0.4 is 10.4 Å². The van der Waals surface area contributed by atoms with Crippen LogP contribution in [0.25, 0.3) is 22.5 Å². The number of aliphatic hydroxyl groups excluding tert-OH is 1. The first-order valence-corrected chi connectivity index (χ1v) is 11.2. The van der Waals surface area contributed by atoms with Gasteiger partial charge in [-0.15, -0.1) is 0 Å². The molecule has 4 rings (SSSR count). The van der Waals surface area contributed by atoms with Crippen LogP contribution in [0.1, 0.15) is 17.3 Å².